The summed E-state index contributed by atoms with van der Waals surface area (Å²) >= 11 is 0. The van der Waals surface area contributed by atoms with E-state index in [1.807, 2.05) is 30.3 Å². The summed E-state index contributed by atoms with van der Waals surface area (Å²) < 4.78 is 0. The number of rotatable bonds is 2. The van der Waals surface area contributed by atoms with Crippen molar-refractivity contribution in [3.63, 3.8) is 0 Å². The van der Waals surface area contributed by atoms with Gasteiger partial charge in [0.25, 0.3) is 0 Å². The van der Waals surface area contributed by atoms with E-state index in [9.17, 15) is 0 Å². The van der Waals surface area contributed by atoms with Crippen molar-refractivity contribution in [2.75, 3.05) is 12.0 Å². The number of nitrogens with one attached hydrogen (secondary N) is 1. The molecule has 0 saturated heterocycles. The van der Waals surface area contributed by atoms with E-state index in [-0.39, 0.29) is 6.67 Å². The minimum atomic E-state index is 0.200. The quantitative estimate of drug-likeness (QED) is 0.435. The van der Waals surface area contributed by atoms with Gasteiger partial charge < -0.3 is 16.8 Å². The first-order chi connectivity index (χ1) is 5.83. The van der Waals surface area contributed by atoms with Crippen LogP contribution in [-0.4, -0.2) is 12.6 Å². The predicted octanol–water partition coefficient (Wildman–Crippen LogP) is 0.329. The predicted molar refractivity (Wildman–Crippen MR) is 50.7 cm³/mol. The average molecular weight is 164 g/mol. The number of nitrogens with two attached hydrogens (primary N) is 2. The summed E-state index contributed by atoms with van der Waals surface area (Å²) in [5.74, 6) is 0.337. The van der Waals surface area contributed by atoms with E-state index in [0.717, 1.165) is 5.69 Å². The Balaban J connectivity index is 2.58. The molecule has 4 nitrogen and oxygen atoms in total. The van der Waals surface area contributed by atoms with Crippen LogP contribution in [0.25, 0.3) is 0 Å². The van der Waals surface area contributed by atoms with E-state index < -0.39 is 0 Å². The fourth-order valence-electron chi connectivity index (χ4n) is 0.807. The second-order valence-corrected chi connectivity index (χ2v) is 2.22. The Morgan fingerprint density at radius 1 is 1.33 bits per heavy atom. The summed E-state index contributed by atoms with van der Waals surface area (Å²) in [7, 11) is 0. The van der Waals surface area contributed by atoms with Crippen LogP contribution in [0.4, 0.5) is 5.69 Å². The van der Waals surface area contributed by atoms with Crippen LogP contribution in [0, 0.1) is 0 Å². The highest BCUT2D eigenvalue weighted by Gasteiger charge is 1.90. The number of guanidine groups is 1. The molecule has 12 heavy (non-hydrogen) atoms. The molecule has 0 unspecified atom stereocenters. The van der Waals surface area contributed by atoms with Crippen LogP contribution in [0.3, 0.4) is 0 Å². The molecule has 0 aromatic heterocycles. The van der Waals surface area contributed by atoms with Crippen LogP contribution in [0.2, 0.25) is 0 Å². The summed E-state index contributed by atoms with van der Waals surface area (Å²) in [6, 6.07) is 9.56. The molecule has 1 rings (SSSR count). The second-order valence-electron chi connectivity index (χ2n) is 2.22. The first-order valence-corrected chi connectivity index (χ1v) is 3.65. The van der Waals surface area contributed by atoms with Gasteiger partial charge in [-0.25, -0.2) is 4.99 Å². The number of para-hydroxylation sites is 1. The highest BCUT2D eigenvalue weighted by molar-refractivity contribution is 5.92. The zero-order valence-electron chi connectivity index (χ0n) is 6.70. The summed E-state index contributed by atoms with van der Waals surface area (Å²) in [5.41, 5.74) is 11.6. The third-order valence-corrected chi connectivity index (χ3v) is 1.31. The maximum Gasteiger partial charge on any atom is 0.194 e. The van der Waals surface area contributed by atoms with Crippen molar-refractivity contribution in [2.24, 2.45) is 16.5 Å². The van der Waals surface area contributed by atoms with Crippen LogP contribution in [0.5, 0.6) is 0 Å². The maximum atomic E-state index is 5.48. The Bertz CT molecular complexity index is 255. The van der Waals surface area contributed by atoms with Crippen molar-refractivity contribution < 1.29 is 0 Å². The maximum absolute atomic E-state index is 5.48. The number of aliphatic imine (C=N–C) groups is 1. The molecule has 0 aliphatic heterocycles. The first kappa shape index (κ1) is 8.55. The van der Waals surface area contributed by atoms with Crippen LogP contribution in [0.1, 0.15) is 0 Å². The van der Waals surface area contributed by atoms with Gasteiger partial charge in [-0.05, 0) is 12.1 Å². The van der Waals surface area contributed by atoms with Crippen LogP contribution in [0.15, 0.2) is 35.3 Å². The number of hydrogen-bond acceptors (Lipinski definition) is 2. The second kappa shape index (κ2) is 4.35. The summed E-state index contributed by atoms with van der Waals surface area (Å²) in [6.45, 7) is 0.200. The summed E-state index contributed by atoms with van der Waals surface area (Å²) in [6.07, 6.45) is 0. The Kier molecular flexibility index (Phi) is 3.10. The van der Waals surface area contributed by atoms with E-state index in [1.165, 1.54) is 0 Å². The monoisotopic (exact) mass is 164 g/mol. The molecular weight excluding hydrogens is 152 g/mol. The van der Waals surface area contributed by atoms with Crippen molar-refractivity contribution in [2.45, 2.75) is 0 Å². The molecule has 0 atom stereocenters. The van der Waals surface area contributed by atoms with Gasteiger partial charge in [0.1, 0.15) is 0 Å². The van der Waals surface area contributed by atoms with Gasteiger partial charge in [-0.2, -0.15) is 0 Å². The van der Waals surface area contributed by atoms with Crippen molar-refractivity contribution >= 4 is 11.6 Å². The lowest BCUT2D eigenvalue weighted by molar-refractivity contribution is 1.06. The minimum Gasteiger partial charge on any atom is -0.370 e. The van der Waals surface area contributed by atoms with Gasteiger partial charge in [-0.15, -0.1) is 0 Å². The van der Waals surface area contributed by atoms with Crippen molar-refractivity contribution in [3.8, 4) is 0 Å². The van der Waals surface area contributed by atoms with Crippen LogP contribution < -0.4 is 16.8 Å². The molecule has 0 heterocycles. The molecule has 0 radical (unpaired) electrons. The largest absolute Gasteiger partial charge is 0.370 e. The molecule has 0 spiro atoms. The van der Waals surface area contributed by atoms with Gasteiger partial charge >= 0.3 is 0 Å². The fraction of sp³-hybridized carbons (Fsp3) is 0.125. The van der Waals surface area contributed by atoms with E-state index in [2.05, 4.69) is 10.3 Å². The molecule has 0 amide bonds. The van der Waals surface area contributed by atoms with E-state index >= 15 is 0 Å². The standard InChI is InChI=1S/C8H12N4/c9-6-11-8(10)12-7-4-2-1-3-5-7/h1-5H,6,9H2,(H3,10,11,12). The molecule has 4 heteroatoms. The van der Waals surface area contributed by atoms with E-state index in [4.69, 9.17) is 11.5 Å². The lowest BCUT2D eigenvalue weighted by Gasteiger charge is -2.03. The Morgan fingerprint density at radius 3 is 2.58 bits per heavy atom. The third-order valence-electron chi connectivity index (χ3n) is 1.31. The number of benzene rings is 1. The fourth-order valence-corrected chi connectivity index (χ4v) is 0.807. The highest BCUT2D eigenvalue weighted by Crippen LogP contribution is 2.03. The van der Waals surface area contributed by atoms with Crippen LogP contribution in [-0.2, 0) is 0 Å². The van der Waals surface area contributed by atoms with Crippen LogP contribution >= 0.6 is 0 Å². The average Bonchev–Trinajstić information content (AvgIpc) is 2.06. The normalized spacial score (nSPS) is 11.2. The molecule has 5 N–H and O–H groups in total. The zero-order chi connectivity index (χ0) is 8.81. The molecule has 64 valence electrons. The van der Waals surface area contributed by atoms with Gasteiger partial charge in [-0.3, -0.25) is 0 Å². The van der Waals surface area contributed by atoms with Crippen molar-refractivity contribution in [1.29, 1.82) is 0 Å². The molecule has 0 saturated carbocycles. The van der Waals surface area contributed by atoms with Gasteiger partial charge in [0.2, 0.25) is 0 Å². The molecule has 0 aliphatic carbocycles. The van der Waals surface area contributed by atoms with Crippen molar-refractivity contribution in [3.05, 3.63) is 30.3 Å². The molecule has 0 bridgehead atoms. The Morgan fingerprint density at radius 2 is 2.00 bits per heavy atom. The zero-order valence-corrected chi connectivity index (χ0v) is 6.70. The Labute approximate surface area is 71.3 Å². The van der Waals surface area contributed by atoms with Crippen molar-refractivity contribution in [1.82, 2.24) is 0 Å². The third kappa shape index (κ3) is 2.59. The van der Waals surface area contributed by atoms with Gasteiger partial charge in [0.05, 0.1) is 6.67 Å². The molecule has 1 aromatic carbocycles. The SMILES string of the molecule is NCN=C(N)Nc1ccccc1. The Hall–Kier alpha value is -1.55. The smallest absolute Gasteiger partial charge is 0.194 e. The first-order valence-electron chi connectivity index (χ1n) is 3.65. The summed E-state index contributed by atoms with van der Waals surface area (Å²) in [5, 5.41) is 2.89. The topological polar surface area (TPSA) is 76.4 Å². The highest BCUT2D eigenvalue weighted by atomic mass is 15.1. The lowest BCUT2D eigenvalue weighted by Crippen LogP contribution is -2.23. The minimum absolute atomic E-state index is 0.200. The molecule has 1 aromatic rings. The number of hydrogen-bond donors (Lipinski definition) is 3. The van der Waals surface area contributed by atoms with Gasteiger partial charge in [-0.1, -0.05) is 18.2 Å². The molecular formula is C8H12N4. The van der Waals surface area contributed by atoms with E-state index in [0.29, 0.717) is 5.96 Å². The van der Waals surface area contributed by atoms with Gasteiger partial charge in [0, 0.05) is 5.69 Å². The van der Waals surface area contributed by atoms with E-state index in [1.54, 1.807) is 0 Å². The molecule has 0 aliphatic rings. The number of nitrogens with zero attached hydrogens (tertiary/aromatic N) is 1. The lowest BCUT2D eigenvalue weighted by atomic mass is 10.3. The number of anilines is 1. The van der Waals surface area contributed by atoms with Gasteiger partial charge in [0.15, 0.2) is 5.96 Å². The summed E-state index contributed by atoms with van der Waals surface area (Å²) in [4.78, 5) is 3.78. The molecule has 0 fully saturated rings.